The third kappa shape index (κ3) is 9.32. The van der Waals surface area contributed by atoms with E-state index >= 15 is 17.6 Å². The molecule has 5 heterocycles. The van der Waals surface area contributed by atoms with Crippen LogP contribution < -0.4 is 30.7 Å². The summed E-state index contributed by atoms with van der Waals surface area (Å²) in [5.74, 6) is -6.37. The maximum absolute atomic E-state index is 16.5. The average Bonchev–Trinajstić information content (AvgIpc) is 3.95. The number of aryl methyl sites for hydroxylation is 1. The number of halogens is 5. The summed E-state index contributed by atoms with van der Waals surface area (Å²) in [6.45, 7) is 5.47. The number of urea groups is 1. The van der Waals surface area contributed by atoms with Crippen LogP contribution in [0.4, 0.5) is 28.2 Å². The number of benzene rings is 4. The van der Waals surface area contributed by atoms with Crippen molar-refractivity contribution in [3.63, 3.8) is 0 Å². The highest BCUT2D eigenvalue weighted by atomic mass is 35.5. The molecule has 10 rings (SSSR count). The summed E-state index contributed by atoms with van der Waals surface area (Å²) >= 11 is 6.71. The van der Waals surface area contributed by atoms with Gasteiger partial charge in [0.2, 0.25) is 11.8 Å². The number of fused-ring (bicyclic) bond motifs is 2. The predicted molar refractivity (Wildman–Crippen MR) is 274 cm³/mol. The molecule has 6 N–H and O–H groups in total. The highest BCUT2D eigenvalue weighted by Crippen LogP contribution is 2.57. The van der Waals surface area contributed by atoms with Crippen molar-refractivity contribution in [1.82, 2.24) is 30.2 Å². The van der Waals surface area contributed by atoms with Crippen molar-refractivity contribution in [2.45, 2.75) is 100 Å². The van der Waals surface area contributed by atoms with Crippen LogP contribution >= 0.6 is 11.6 Å². The van der Waals surface area contributed by atoms with Gasteiger partial charge in [-0.25, -0.2) is 22.4 Å². The number of nitrogens with one attached hydrogen (secondary N) is 2. The highest BCUT2D eigenvalue weighted by molar-refractivity contribution is 6.34. The van der Waals surface area contributed by atoms with E-state index in [-0.39, 0.29) is 113 Å². The molecule has 0 radical (unpaired) electrons. The number of hydrogen-bond donors (Lipinski definition) is 5. The molecule has 4 aliphatic heterocycles. The van der Waals surface area contributed by atoms with Gasteiger partial charge in [-0.3, -0.25) is 34.2 Å². The lowest BCUT2D eigenvalue weighted by Crippen LogP contribution is -2.57. The standard InChI is InChI=1S/C55H61ClF4N8O8/c1-29-27-67(21-15-34(29)43-37(57)25-36-49(48(43)60)65(3)64-51(36)68-22-16-41(70)63-53(68)73)33-13-19-66(20-14-33)52(72)54(74)17-11-32(12-18-54)62-28-55(31-7-5-4-6-8-31)30(2)42-40(76-55)26-38(58)46(56)45(42)44-35(50(61)71)9-10-39(47(44)59)75-24-23-69/h4-10,25-26,29-30,32-34,62,69,74H,11-24,27-28H2,1-3H3,(H2,61,71)(H,63,70,73)/t29-,30+,32?,34+,54?,55+/m1/s1. The maximum Gasteiger partial charge on any atom is 0.329 e. The molecule has 0 spiro atoms. The van der Waals surface area contributed by atoms with Gasteiger partial charge < -0.3 is 35.6 Å². The number of nitrogens with zero attached hydrogens (tertiary/aromatic N) is 5. The van der Waals surface area contributed by atoms with E-state index in [9.17, 15) is 29.4 Å². The van der Waals surface area contributed by atoms with E-state index in [1.165, 1.54) is 27.8 Å². The Labute approximate surface area is 441 Å². The molecular formula is C55H61ClF4N8O8. The van der Waals surface area contributed by atoms with Gasteiger partial charge in [0.25, 0.3) is 5.91 Å². The first-order valence-electron chi connectivity index (χ1n) is 25.9. The van der Waals surface area contributed by atoms with Crippen LogP contribution in [0.3, 0.4) is 0 Å². The van der Waals surface area contributed by atoms with Crippen LogP contribution in [0, 0.1) is 29.2 Å². The molecule has 404 valence electrons. The Morgan fingerprint density at radius 3 is 2.33 bits per heavy atom. The lowest BCUT2D eigenvalue weighted by atomic mass is 9.76. The van der Waals surface area contributed by atoms with E-state index in [0.717, 1.165) is 11.6 Å². The summed E-state index contributed by atoms with van der Waals surface area (Å²) in [5.41, 5.74) is 3.38. The Morgan fingerprint density at radius 1 is 0.934 bits per heavy atom. The molecule has 21 heteroatoms. The zero-order valence-electron chi connectivity index (χ0n) is 42.4. The number of nitrogens with two attached hydrogens (primary N) is 1. The van der Waals surface area contributed by atoms with Gasteiger partial charge in [-0.2, -0.15) is 5.10 Å². The van der Waals surface area contributed by atoms with Crippen LogP contribution in [0.5, 0.6) is 11.5 Å². The summed E-state index contributed by atoms with van der Waals surface area (Å²) in [7, 11) is 1.54. The van der Waals surface area contributed by atoms with Crippen LogP contribution in [-0.2, 0) is 22.2 Å². The number of anilines is 1. The smallest absolute Gasteiger partial charge is 0.329 e. The molecule has 4 fully saturated rings. The summed E-state index contributed by atoms with van der Waals surface area (Å²) < 4.78 is 78.4. The van der Waals surface area contributed by atoms with Crippen molar-refractivity contribution < 1.29 is 56.4 Å². The number of carbonyl (C=O) groups excluding carboxylic acids is 4. The summed E-state index contributed by atoms with van der Waals surface area (Å²) in [6, 6.07) is 13.4. The first-order chi connectivity index (χ1) is 36.3. The largest absolute Gasteiger partial charge is 0.488 e. The lowest BCUT2D eigenvalue weighted by molar-refractivity contribution is -0.157. The van der Waals surface area contributed by atoms with E-state index < -0.39 is 75.8 Å². The Hall–Kier alpha value is -6.32. The van der Waals surface area contributed by atoms with Gasteiger partial charge in [-0.15, -0.1) is 0 Å². The van der Waals surface area contributed by atoms with E-state index in [1.54, 1.807) is 11.9 Å². The number of carbonyl (C=O) groups is 4. The average molecular weight is 1070 g/mol. The SMILES string of the molecule is C[C@@H]1CN(C2CCN(C(=O)C3(O)CCC(NC[C@]4(c5ccccc5)Oc5cc(F)c(Cl)c(-c6c(C(N)=O)ccc(OCCO)c6F)c5[C@@H]4C)CC3)CC2)CC[C@@H]1c1c(F)cc2c(N3CCC(=O)NC3=O)nn(C)c2c1F. The topological polar surface area (TPSA) is 205 Å². The fraction of sp³-hybridized carbons (Fsp3) is 0.473. The summed E-state index contributed by atoms with van der Waals surface area (Å²) in [4.78, 5) is 56.6. The van der Waals surface area contributed by atoms with Gasteiger partial charge in [0, 0.05) is 92.5 Å². The molecular weight excluding hydrogens is 1010 g/mol. The number of aliphatic hydroxyl groups excluding tert-OH is 1. The second-order valence-corrected chi connectivity index (χ2v) is 21.4. The zero-order chi connectivity index (χ0) is 54.0. The van der Waals surface area contributed by atoms with E-state index in [1.807, 2.05) is 44.2 Å². The van der Waals surface area contributed by atoms with E-state index in [0.29, 0.717) is 63.8 Å². The van der Waals surface area contributed by atoms with Crippen LogP contribution in [0.25, 0.3) is 22.0 Å². The number of aromatic nitrogens is 2. The molecule has 5 amide bonds. The minimum Gasteiger partial charge on any atom is -0.488 e. The third-order valence-electron chi connectivity index (χ3n) is 16.7. The minimum atomic E-state index is -1.58. The Morgan fingerprint density at radius 2 is 1.66 bits per heavy atom. The first kappa shape index (κ1) is 53.1. The molecule has 4 aromatic carbocycles. The van der Waals surface area contributed by atoms with Gasteiger partial charge >= 0.3 is 6.03 Å². The molecule has 16 nitrogen and oxygen atoms in total. The van der Waals surface area contributed by atoms with Gasteiger partial charge in [0.05, 0.1) is 22.6 Å². The molecule has 5 aromatic rings. The molecule has 76 heavy (non-hydrogen) atoms. The Kier molecular flexibility index (Phi) is 14.6. The van der Waals surface area contributed by atoms with Crippen LogP contribution in [0.15, 0.2) is 54.6 Å². The zero-order valence-corrected chi connectivity index (χ0v) is 43.2. The first-order valence-corrected chi connectivity index (χ1v) is 26.3. The Balaban J connectivity index is 0.777. The number of likely N-dealkylation sites (tertiary alicyclic amines) is 2. The Bertz CT molecular complexity index is 3110. The summed E-state index contributed by atoms with van der Waals surface area (Å²) in [6.07, 6.45) is 3.18. The molecule has 5 aliphatic rings. The van der Waals surface area contributed by atoms with E-state index in [4.69, 9.17) is 26.8 Å². The number of ether oxygens (including phenoxy) is 2. The number of rotatable bonds is 13. The molecule has 0 unspecified atom stereocenters. The van der Waals surface area contributed by atoms with Crippen molar-refractivity contribution in [2.24, 2.45) is 18.7 Å². The molecule has 3 saturated heterocycles. The number of imide groups is 1. The van der Waals surface area contributed by atoms with Gasteiger partial charge in [-0.05, 0) is 87.1 Å². The predicted octanol–water partition coefficient (Wildman–Crippen LogP) is 7.14. The molecule has 1 aliphatic carbocycles. The number of primary amides is 1. The summed E-state index contributed by atoms with van der Waals surface area (Å²) in [5, 5.41) is 31.2. The van der Waals surface area contributed by atoms with Crippen molar-refractivity contribution >= 4 is 52.1 Å². The fourth-order valence-electron chi connectivity index (χ4n) is 12.6. The molecule has 1 saturated carbocycles. The second-order valence-electron chi connectivity index (χ2n) is 21.0. The number of amides is 5. The third-order valence-corrected chi connectivity index (χ3v) is 17.0. The van der Waals surface area contributed by atoms with Crippen molar-refractivity contribution in [3.8, 4) is 22.6 Å². The number of piperidine rings is 2. The maximum atomic E-state index is 16.5. The van der Waals surface area contributed by atoms with Crippen LogP contribution in [0.2, 0.25) is 5.02 Å². The molecule has 4 atom stereocenters. The second kappa shape index (κ2) is 20.9. The highest BCUT2D eigenvalue weighted by Gasteiger charge is 2.51. The number of aliphatic hydroxyl groups is 2. The van der Waals surface area contributed by atoms with Gasteiger partial charge in [0.15, 0.2) is 28.8 Å². The van der Waals surface area contributed by atoms with Crippen molar-refractivity contribution in [1.29, 1.82) is 0 Å². The van der Waals surface area contributed by atoms with Gasteiger partial charge in [0.1, 0.15) is 35.1 Å². The minimum absolute atomic E-state index is 0.00575. The fourth-order valence-corrected chi connectivity index (χ4v) is 12.9. The monoisotopic (exact) mass is 1070 g/mol. The normalized spacial score (nSPS) is 25.4. The van der Waals surface area contributed by atoms with Crippen molar-refractivity contribution in [2.75, 3.05) is 57.4 Å². The van der Waals surface area contributed by atoms with Crippen LogP contribution in [0.1, 0.15) is 104 Å². The molecule has 0 bridgehead atoms. The van der Waals surface area contributed by atoms with Crippen molar-refractivity contribution in [3.05, 3.63) is 105 Å². The van der Waals surface area contributed by atoms with Crippen LogP contribution in [-0.4, -0.2) is 124 Å². The van der Waals surface area contributed by atoms with E-state index in [2.05, 4.69) is 20.6 Å². The quantitative estimate of drug-likeness (QED) is 0.0750. The lowest BCUT2D eigenvalue weighted by Gasteiger charge is -2.46. The van der Waals surface area contributed by atoms with Gasteiger partial charge in [-0.1, -0.05) is 55.8 Å². The molecule has 1 aromatic heterocycles. The number of hydrogen-bond acceptors (Lipinski definition) is 11.